The maximum absolute atomic E-state index is 7.11. The van der Waals surface area contributed by atoms with Crippen molar-refractivity contribution < 1.29 is 27.1 Å². The molecule has 6 nitrogen and oxygen atoms in total. The van der Waals surface area contributed by atoms with Crippen molar-refractivity contribution in [1.82, 2.24) is 0 Å². The SMILES string of the molecule is CCCCCCCCCc1ccccc1OP(OCCCCCCCC)Oc1cc(C)c(C(CCC)c2cc(C(C)(C)C)c(OP(OCCCCCCCC)Oc3ccccc3CCCCCCCCC)cc2C)cc1C(C)(C)C. The van der Waals surface area contributed by atoms with Gasteiger partial charge in [-0.1, -0.05) is 272 Å². The zero-order valence-electron chi connectivity index (χ0n) is 53.5. The molecule has 4 aromatic rings. The molecule has 0 aliphatic rings. The van der Waals surface area contributed by atoms with Crippen LogP contribution in [0.4, 0.5) is 0 Å². The van der Waals surface area contributed by atoms with Crippen LogP contribution in [0.5, 0.6) is 23.0 Å². The van der Waals surface area contributed by atoms with E-state index >= 15 is 0 Å². The molecule has 0 amide bonds. The smallest absolute Gasteiger partial charge is 0.417 e. The van der Waals surface area contributed by atoms with Crippen LogP contribution >= 0.6 is 17.2 Å². The van der Waals surface area contributed by atoms with Gasteiger partial charge in [0.2, 0.25) is 0 Å². The first-order valence-electron chi connectivity index (χ1n) is 32.7. The molecule has 2 atom stereocenters. The summed E-state index contributed by atoms with van der Waals surface area (Å²) in [5.74, 6) is 3.62. The number of hydrogen-bond donors (Lipinski definition) is 0. The summed E-state index contributed by atoms with van der Waals surface area (Å²) in [5, 5.41) is 0. The number of aryl methyl sites for hydroxylation is 4. The van der Waals surface area contributed by atoms with Crippen molar-refractivity contribution in [2.24, 2.45) is 0 Å². The zero-order valence-corrected chi connectivity index (χ0v) is 55.3. The summed E-state index contributed by atoms with van der Waals surface area (Å²) in [6.45, 7) is 31.0. The van der Waals surface area contributed by atoms with Crippen LogP contribution in [0, 0.1) is 13.8 Å². The van der Waals surface area contributed by atoms with Gasteiger partial charge in [0.1, 0.15) is 23.0 Å². The maximum Gasteiger partial charge on any atom is 0.463 e. The Morgan fingerprint density at radius 3 is 1.01 bits per heavy atom. The number of unbranched alkanes of at least 4 members (excludes halogenated alkanes) is 22. The highest BCUT2D eigenvalue weighted by atomic mass is 31.2. The second-order valence-corrected chi connectivity index (χ2v) is 27.4. The van der Waals surface area contributed by atoms with Crippen LogP contribution in [0.3, 0.4) is 0 Å². The Bertz CT molecular complexity index is 2110. The lowest BCUT2D eigenvalue weighted by atomic mass is 9.76. The fraction of sp³-hybridized carbons (Fsp3) is 0.667. The average Bonchev–Trinajstić information content (AvgIpc) is 3.41. The summed E-state index contributed by atoms with van der Waals surface area (Å²) in [5.41, 5.74) is 9.47. The van der Waals surface area contributed by atoms with E-state index in [-0.39, 0.29) is 16.7 Å². The van der Waals surface area contributed by atoms with E-state index in [0.29, 0.717) is 13.2 Å². The Morgan fingerprint density at radius 2 is 0.675 bits per heavy atom. The monoisotopic (exact) mass is 1140 g/mol. The first-order chi connectivity index (χ1) is 38.6. The van der Waals surface area contributed by atoms with Gasteiger partial charge < -0.3 is 18.1 Å². The highest BCUT2D eigenvalue weighted by Crippen LogP contribution is 2.50. The Hall–Kier alpha value is -3.14. The lowest BCUT2D eigenvalue weighted by molar-refractivity contribution is 0.255. The Labute approximate surface area is 494 Å². The predicted molar refractivity (Wildman–Crippen MR) is 348 cm³/mol. The molecule has 0 saturated carbocycles. The topological polar surface area (TPSA) is 55.4 Å². The van der Waals surface area contributed by atoms with Crippen LogP contribution in [0.1, 0.15) is 306 Å². The van der Waals surface area contributed by atoms with Gasteiger partial charge in [-0.2, -0.15) is 0 Å². The molecule has 0 spiro atoms. The standard InChI is InChI=1S/C72H116O6P2/c1-14-19-23-27-31-33-37-46-60-48-39-41-50-67(60)75-79(73-52-43-35-29-25-21-16-3)77-69-54-58(6)63(56-65(69)71(8,9)10)62(45-18-5)64-57-66(72(11,12)13)70(55-59(64)7)78-80(74-53-44-36-30-26-22-17-4)76-68-51-42-40-49-61(68)47-38-34-32-28-24-20-15-2/h39-42,48-51,54-57,62H,14-38,43-47,52-53H2,1-13H3. The first kappa shape index (κ1) is 69.4. The second kappa shape index (κ2) is 39.4. The summed E-state index contributed by atoms with van der Waals surface area (Å²) in [6, 6.07) is 26.6. The summed E-state index contributed by atoms with van der Waals surface area (Å²) in [4.78, 5) is 0. The number of rotatable bonds is 44. The second-order valence-electron chi connectivity index (χ2n) is 25.2. The van der Waals surface area contributed by atoms with Gasteiger partial charge in [0.15, 0.2) is 0 Å². The van der Waals surface area contributed by atoms with Crippen LogP contribution in [-0.4, -0.2) is 13.2 Å². The van der Waals surface area contributed by atoms with Gasteiger partial charge in [0.05, 0.1) is 13.2 Å². The molecular formula is C72H116O6P2. The van der Waals surface area contributed by atoms with Crippen LogP contribution in [0.2, 0.25) is 0 Å². The van der Waals surface area contributed by atoms with Crippen molar-refractivity contribution >= 4 is 17.2 Å². The normalized spacial score (nSPS) is 13.1. The van der Waals surface area contributed by atoms with Crippen LogP contribution in [0.25, 0.3) is 0 Å². The zero-order chi connectivity index (χ0) is 58.0. The Morgan fingerprint density at radius 1 is 0.362 bits per heavy atom. The fourth-order valence-electron chi connectivity index (χ4n) is 10.9. The highest BCUT2D eigenvalue weighted by Gasteiger charge is 2.31. The van der Waals surface area contributed by atoms with E-state index < -0.39 is 17.2 Å². The Kier molecular flexibility index (Phi) is 34.2. The van der Waals surface area contributed by atoms with Gasteiger partial charge >= 0.3 is 17.2 Å². The summed E-state index contributed by atoms with van der Waals surface area (Å²) < 4.78 is 41.4. The predicted octanol–water partition coefficient (Wildman–Crippen LogP) is 24.5. The molecule has 4 aromatic carbocycles. The van der Waals surface area contributed by atoms with E-state index in [1.54, 1.807) is 0 Å². The van der Waals surface area contributed by atoms with Gasteiger partial charge in [-0.05, 0) is 127 Å². The molecule has 8 heteroatoms. The van der Waals surface area contributed by atoms with Gasteiger partial charge in [0, 0.05) is 17.0 Å². The van der Waals surface area contributed by atoms with Gasteiger partial charge in [0.25, 0.3) is 0 Å². The molecule has 0 aromatic heterocycles. The molecule has 0 saturated heterocycles. The number of para-hydroxylation sites is 2. The molecule has 0 aliphatic heterocycles. The van der Waals surface area contributed by atoms with E-state index in [4.69, 9.17) is 27.1 Å². The van der Waals surface area contributed by atoms with Gasteiger partial charge in [-0.3, -0.25) is 9.05 Å². The highest BCUT2D eigenvalue weighted by molar-refractivity contribution is 7.42. The molecule has 0 heterocycles. The molecule has 4 rings (SSSR count). The fourth-order valence-corrected chi connectivity index (χ4v) is 13.0. The first-order valence-corrected chi connectivity index (χ1v) is 34.9. The molecular weight excluding hydrogens is 1020 g/mol. The number of benzene rings is 4. The van der Waals surface area contributed by atoms with E-state index in [2.05, 4.69) is 163 Å². The van der Waals surface area contributed by atoms with Crippen molar-refractivity contribution in [2.75, 3.05) is 13.2 Å². The minimum atomic E-state index is -1.74. The third-order valence-corrected chi connectivity index (χ3v) is 18.0. The summed E-state index contributed by atoms with van der Waals surface area (Å²) >= 11 is 0. The lowest BCUT2D eigenvalue weighted by Gasteiger charge is -2.31. The minimum absolute atomic E-state index is 0.158. The largest absolute Gasteiger partial charge is 0.463 e. The third kappa shape index (κ3) is 25.8. The van der Waals surface area contributed by atoms with Crippen molar-refractivity contribution in [2.45, 2.75) is 299 Å². The van der Waals surface area contributed by atoms with Gasteiger partial charge in [-0.15, -0.1) is 0 Å². The molecule has 0 fully saturated rings. The van der Waals surface area contributed by atoms with E-state index in [0.717, 1.165) is 87.2 Å². The maximum atomic E-state index is 7.11. The summed E-state index contributed by atoms with van der Waals surface area (Å²) in [7, 11) is -3.48. The molecule has 0 aliphatic carbocycles. The minimum Gasteiger partial charge on any atom is -0.417 e. The van der Waals surface area contributed by atoms with Crippen LogP contribution < -0.4 is 18.1 Å². The molecule has 0 bridgehead atoms. The van der Waals surface area contributed by atoms with E-state index in [9.17, 15) is 0 Å². The van der Waals surface area contributed by atoms with Crippen molar-refractivity contribution in [1.29, 1.82) is 0 Å². The third-order valence-electron chi connectivity index (χ3n) is 15.8. The average molecular weight is 1140 g/mol. The molecule has 0 N–H and O–H groups in total. The molecule has 80 heavy (non-hydrogen) atoms. The molecule has 450 valence electrons. The lowest BCUT2D eigenvalue weighted by Crippen LogP contribution is -2.18. The van der Waals surface area contributed by atoms with Crippen molar-refractivity contribution in [3.05, 3.63) is 117 Å². The van der Waals surface area contributed by atoms with Crippen LogP contribution in [0.15, 0.2) is 72.8 Å². The van der Waals surface area contributed by atoms with Crippen molar-refractivity contribution in [3.8, 4) is 23.0 Å². The van der Waals surface area contributed by atoms with E-state index in [1.165, 1.54) is 173 Å². The molecule has 2 unspecified atom stereocenters. The number of hydrogen-bond acceptors (Lipinski definition) is 6. The van der Waals surface area contributed by atoms with Crippen LogP contribution in [-0.2, 0) is 32.7 Å². The van der Waals surface area contributed by atoms with Gasteiger partial charge in [-0.25, -0.2) is 0 Å². The van der Waals surface area contributed by atoms with Crippen molar-refractivity contribution in [3.63, 3.8) is 0 Å². The van der Waals surface area contributed by atoms with E-state index in [1.807, 2.05) is 0 Å². The molecule has 0 radical (unpaired) electrons. The quantitative estimate of drug-likeness (QED) is 0.0325. The summed E-state index contributed by atoms with van der Waals surface area (Å²) in [6.07, 6.45) is 36.4. The Balaban J connectivity index is 1.69.